The third-order valence-electron chi connectivity index (χ3n) is 1.23. The maximum atomic E-state index is 9.12. The SMILES string of the molecule is Cc1ncc(Cl)c(N)c1O. The number of pyridine rings is 1. The van der Waals surface area contributed by atoms with Gasteiger partial charge in [-0.05, 0) is 6.92 Å². The molecule has 1 heterocycles. The van der Waals surface area contributed by atoms with Crippen LogP contribution in [-0.2, 0) is 0 Å². The summed E-state index contributed by atoms with van der Waals surface area (Å²) in [4.78, 5) is 3.78. The molecule has 0 bridgehead atoms. The number of hydrogen-bond donors (Lipinski definition) is 2. The summed E-state index contributed by atoms with van der Waals surface area (Å²) in [6.07, 6.45) is 1.41. The first kappa shape index (κ1) is 7.15. The molecule has 0 radical (unpaired) electrons. The molecule has 3 N–H and O–H groups in total. The van der Waals surface area contributed by atoms with Gasteiger partial charge in [0.1, 0.15) is 0 Å². The maximum absolute atomic E-state index is 9.12. The van der Waals surface area contributed by atoms with Crippen LogP contribution in [0.2, 0.25) is 5.02 Å². The van der Waals surface area contributed by atoms with E-state index in [2.05, 4.69) is 4.98 Å². The van der Waals surface area contributed by atoms with Gasteiger partial charge in [0.15, 0.2) is 5.75 Å². The fraction of sp³-hybridized carbons (Fsp3) is 0.167. The van der Waals surface area contributed by atoms with Crippen LogP contribution < -0.4 is 5.73 Å². The van der Waals surface area contributed by atoms with E-state index in [-0.39, 0.29) is 16.5 Å². The number of aromatic hydroxyl groups is 1. The smallest absolute Gasteiger partial charge is 0.161 e. The molecule has 0 spiro atoms. The van der Waals surface area contributed by atoms with E-state index < -0.39 is 0 Å². The van der Waals surface area contributed by atoms with Gasteiger partial charge < -0.3 is 10.8 Å². The molecular weight excluding hydrogens is 152 g/mol. The highest BCUT2D eigenvalue weighted by atomic mass is 35.5. The lowest BCUT2D eigenvalue weighted by molar-refractivity contribution is 0.470. The molecule has 0 aliphatic heterocycles. The highest BCUT2D eigenvalue weighted by Crippen LogP contribution is 2.28. The first-order chi connectivity index (χ1) is 4.63. The van der Waals surface area contributed by atoms with E-state index in [1.807, 2.05) is 0 Å². The van der Waals surface area contributed by atoms with Gasteiger partial charge in [0, 0.05) is 6.20 Å². The number of aromatic nitrogens is 1. The van der Waals surface area contributed by atoms with Gasteiger partial charge >= 0.3 is 0 Å². The first-order valence-electron chi connectivity index (χ1n) is 2.72. The Hall–Kier alpha value is -0.960. The highest BCUT2D eigenvalue weighted by molar-refractivity contribution is 6.33. The Morgan fingerprint density at radius 3 is 2.80 bits per heavy atom. The average molecular weight is 159 g/mol. The number of aryl methyl sites for hydroxylation is 1. The molecule has 0 aliphatic carbocycles. The molecule has 1 aromatic rings. The van der Waals surface area contributed by atoms with Crippen LogP contribution in [0.3, 0.4) is 0 Å². The van der Waals surface area contributed by atoms with Crippen molar-refractivity contribution in [3.63, 3.8) is 0 Å². The highest BCUT2D eigenvalue weighted by Gasteiger charge is 2.04. The van der Waals surface area contributed by atoms with Crippen LogP contribution in [0.5, 0.6) is 5.75 Å². The Balaban J connectivity index is 3.34. The van der Waals surface area contributed by atoms with E-state index >= 15 is 0 Å². The summed E-state index contributed by atoms with van der Waals surface area (Å²) in [5, 5.41) is 9.40. The van der Waals surface area contributed by atoms with E-state index in [0.29, 0.717) is 5.69 Å². The van der Waals surface area contributed by atoms with E-state index in [4.69, 9.17) is 22.4 Å². The molecule has 0 unspecified atom stereocenters. The number of nitrogens with two attached hydrogens (primary N) is 1. The zero-order valence-electron chi connectivity index (χ0n) is 5.43. The predicted octanol–water partition coefficient (Wildman–Crippen LogP) is 1.33. The molecule has 1 aromatic heterocycles. The molecule has 0 amide bonds. The zero-order valence-corrected chi connectivity index (χ0v) is 6.18. The molecule has 4 heteroatoms. The zero-order chi connectivity index (χ0) is 7.72. The Morgan fingerprint density at radius 1 is 1.70 bits per heavy atom. The van der Waals surface area contributed by atoms with Gasteiger partial charge in [0.05, 0.1) is 16.4 Å². The lowest BCUT2D eigenvalue weighted by Crippen LogP contribution is -1.91. The van der Waals surface area contributed by atoms with Crippen molar-refractivity contribution < 1.29 is 5.11 Å². The van der Waals surface area contributed by atoms with Gasteiger partial charge in [-0.1, -0.05) is 11.6 Å². The van der Waals surface area contributed by atoms with Crippen molar-refractivity contribution in [3.8, 4) is 5.75 Å². The van der Waals surface area contributed by atoms with Crippen molar-refractivity contribution in [2.75, 3.05) is 5.73 Å². The number of hydrogen-bond acceptors (Lipinski definition) is 3. The molecular formula is C6H7ClN2O. The maximum Gasteiger partial charge on any atom is 0.161 e. The minimum atomic E-state index is -0.0347. The molecule has 0 aliphatic rings. The fourth-order valence-electron chi connectivity index (χ4n) is 0.592. The Bertz CT molecular complexity index is 235. The molecule has 0 saturated heterocycles. The summed E-state index contributed by atoms with van der Waals surface area (Å²) in [7, 11) is 0. The molecule has 3 nitrogen and oxygen atoms in total. The van der Waals surface area contributed by atoms with Crippen LogP contribution in [0.25, 0.3) is 0 Å². The first-order valence-corrected chi connectivity index (χ1v) is 3.10. The summed E-state index contributed by atoms with van der Waals surface area (Å²) in [6.45, 7) is 1.65. The van der Waals surface area contributed by atoms with Crippen LogP contribution in [-0.4, -0.2) is 10.1 Å². The van der Waals surface area contributed by atoms with Crippen molar-refractivity contribution >= 4 is 17.3 Å². The number of rotatable bonds is 0. The second kappa shape index (κ2) is 2.34. The van der Waals surface area contributed by atoms with E-state index in [0.717, 1.165) is 0 Å². The van der Waals surface area contributed by atoms with Crippen LogP contribution in [0.4, 0.5) is 5.69 Å². The minimum Gasteiger partial charge on any atom is -0.504 e. The quantitative estimate of drug-likeness (QED) is 0.599. The summed E-state index contributed by atoms with van der Waals surface area (Å²) >= 11 is 5.54. The van der Waals surface area contributed by atoms with Crippen LogP contribution in [0, 0.1) is 6.92 Å². The van der Waals surface area contributed by atoms with E-state index in [1.54, 1.807) is 6.92 Å². The monoisotopic (exact) mass is 158 g/mol. The molecule has 1 rings (SSSR count). The standard InChI is InChI=1S/C6H7ClN2O/c1-3-6(10)5(8)4(7)2-9-3/h2,10H,1H3,(H2,8,9). The minimum absolute atomic E-state index is 0.0347. The van der Waals surface area contributed by atoms with Crippen molar-refractivity contribution in [2.45, 2.75) is 6.92 Å². The van der Waals surface area contributed by atoms with Gasteiger partial charge in [-0.15, -0.1) is 0 Å². The van der Waals surface area contributed by atoms with Gasteiger partial charge in [-0.2, -0.15) is 0 Å². The predicted molar refractivity (Wildman–Crippen MR) is 40.1 cm³/mol. The van der Waals surface area contributed by atoms with Crippen LogP contribution in [0.15, 0.2) is 6.20 Å². The molecule has 0 fully saturated rings. The van der Waals surface area contributed by atoms with Crippen molar-refractivity contribution in [2.24, 2.45) is 0 Å². The molecule has 0 saturated carbocycles. The van der Waals surface area contributed by atoms with Crippen molar-refractivity contribution in [1.29, 1.82) is 0 Å². The lowest BCUT2D eigenvalue weighted by atomic mass is 10.3. The molecule has 54 valence electrons. The lowest BCUT2D eigenvalue weighted by Gasteiger charge is -2.01. The third kappa shape index (κ3) is 0.998. The van der Waals surface area contributed by atoms with E-state index in [1.165, 1.54) is 6.20 Å². The van der Waals surface area contributed by atoms with Gasteiger partial charge in [-0.3, -0.25) is 4.98 Å². The largest absolute Gasteiger partial charge is 0.504 e. The number of nitrogen functional groups attached to an aromatic ring is 1. The second-order valence-electron chi connectivity index (χ2n) is 1.95. The topological polar surface area (TPSA) is 59.1 Å². The number of nitrogens with zero attached hydrogens (tertiary/aromatic N) is 1. The Labute approximate surface area is 63.5 Å². The van der Waals surface area contributed by atoms with Crippen LogP contribution >= 0.6 is 11.6 Å². The molecule has 0 aromatic carbocycles. The third-order valence-corrected chi connectivity index (χ3v) is 1.53. The van der Waals surface area contributed by atoms with Gasteiger partial charge in [0.25, 0.3) is 0 Å². The van der Waals surface area contributed by atoms with Crippen LogP contribution in [0.1, 0.15) is 5.69 Å². The summed E-state index contributed by atoms with van der Waals surface area (Å²) in [5.41, 5.74) is 6.04. The Morgan fingerprint density at radius 2 is 2.30 bits per heavy atom. The number of anilines is 1. The summed E-state index contributed by atoms with van der Waals surface area (Å²) in [6, 6.07) is 0. The Kier molecular flexibility index (Phi) is 1.68. The summed E-state index contributed by atoms with van der Waals surface area (Å²) in [5.74, 6) is -0.0347. The van der Waals surface area contributed by atoms with Crippen molar-refractivity contribution in [1.82, 2.24) is 4.98 Å². The average Bonchev–Trinajstić information content (AvgIpc) is 1.93. The van der Waals surface area contributed by atoms with E-state index in [9.17, 15) is 0 Å². The van der Waals surface area contributed by atoms with Crippen molar-refractivity contribution in [3.05, 3.63) is 16.9 Å². The number of halogens is 1. The second-order valence-corrected chi connectivity index (χ2v) is 2.36. The normalized spacial score (nSPS) is 9.80. The van der Waals surface area contributed by atoms with Gasteiger partial charge in [0.2, 0.25) is 0 Å². The van der Waals surface area contributed by atoms with Gasteiger partial charge in [-0.25, -0.2) is 0 Å². The summed E-state index contributed by atoms with van der Waals surface area (Å²) < 4.78 is 0. The fourth-order valence-corrected chi connectivity index (χ4v) is 0.730. The molecule has 10 heavy (non-hydrogen) atoms. The molecule has 0 atom stereocenters.